The molecule has 0 atom stereocenters. The lowest BCUT2D eigenvalue weighted by atomic mass is 9.86. The molecule has 2 amide bonds. The summed E-state index contributed by atoms with van der Waals surface area (Å²) in [6.45, 7) is 4.27. The maximum Gasteiger partial charge on any atom is 0.251 e. The number of anilines is 1. The molecule has 0 bridgehead atoms. The van der Waals surface area contributed by atoms with Crippen LogP contribution in [0.15, 0.2) is 60.7 Å². The minimum Gasteiger partial charge on any atom is -0.348 e. The van der Waals surface area contributed by atoms with Gasteiger partial charge in [-0.2, -0.15) is 5.10 Å². The predicted molar refractivity (Wildman–Crippen MR) is 130 cm³/mol. The molecule has 4 N–H and O–H groups in total. The molecule has 8 nitrogen and oxygen atoms in total. The van der Waals surface area contributed by atoms with Gasteiger partial charge in [0.05, 0.1) is 22.0 Å². The highest BCUT2D eigenvalue weighted by Crippen LogP contribution is 2.40. The Kier molecular flexibility index (Phi) is 4.32. The van der Waals surface area contributed by atoms with Crippen LogP contribution in [0.1, 0.15) is 35.3 Å². The van der Waals surface area contributed by atoms with Gasteiger partial charge in [-0.05, 0) is 55.3 Å². The van der Waals surface area contributed by atoms with Crippen molar-refractivity contribution in [2.75, 3.05) is 5.32 Å². The summed E-state index contributed by atoms with van der Waals surface area (Å²) < 4.78 is 0. The molecule has 8 heteroatoms. The topological polar surface area (TPSA) is 116 Å². The number of fused-ring (bicyclic) bond motifs is 3. The van der Waals surface area contributed by atoms with Gasteiger partial charge in [0, 0.05) is 23.2 Å². The van der Waals surface area contributed by atoms with Crippen LogP contribution in [0.25, 0.3) is 33.5 Å². The fraction of sp³-hybridized carbons (Fsp3) is 0.154. The fourth-order valence-electron chi connectivity index (χ4n) is 4.41. The van der Waals surface area contributed by atoms with E-state index in [4.69, 9.17) is 4.98 Å². The number of benzene rings is 3. The molecule has 1 aliphatic rings. The fourth-order valence-corrected chi connectivity index (χ4v) is 4.41. The molecular formula is C26H22N6O2. The van der Waals surface area contributed by atoms with Gasteiger partial charge in [0.15, 0.2) is 5.82 Å². The van der Waals surface area contributed by atoms with Crippen LogP contribution < -0.4 is 10.6 Å². The molecule has 0 saturated carbocycles. The highest BCUT2D eigenvalue weighted by molar-refractivity contribution is 6.08. The van der Waals surface area contributed by atoms with Crippen LogP contribution in [0.2, 0.25) is 0 Å². The second-order valence-corrected chi connectivity index (χ2v) is 9.08. The number of amides is 2. The van der Waals surface area contributed by atoms with Crippen LogP contribution in [0.4, 0.5) is 5.69 Å². The van der Waals surface area contributed by atoms with Crippen molar-refractivity contribution in [2.24, 2.45) is 0 Å². The third-order valence-corrected chi connectivity index (χ3v) is 6.46. The summed E-state index contributed by atoms with van der Waals surface area (Å²) in [6, 6.07) is 19.1. The van der Waals surface area contributed by atoms with Gasteiger partial charge in [-0.25, -0.2) is 4.98 Å². The minimum absolute atomic E-state index is 0.0215. The van der Waals surface area contributed by atoms with Crippen molar-refractivity contribution < 1.29 is 9.59 Å². The SMILES string of the molecule is CC1(C)C(=O)Nc2cc3nc(-c4n[nH]c5ccc(C(=O)NCc6ccccc6)cc45)[nH]c3cc21. The number of H-pyrrole nitrogens is 2. The number of hydrogen-bond acceptors (Lipinski definition) is 4. The number of nitrogens with zero attached hydrogens (tertiary/aromatic N) is 2. The Morgan fingerprint density at radius 1 is 1.03 bits per heavy atom. The van der Waals surface area contributed by atoms with Crippen LogP contribution in [0, 0.1) is 0 Å². The summed E-state index contributed by atoms with van der Waals surface area (Å²) in [7, 11) is 0. The molecule has 0 unspecified atom stereocenters. The lowest BCUT2D eigenvalue weighted by molar-refractivity contribution is -0.119. The Labute approximate surface area is 194 Å². The van der Waals surface area contributed by atoms with Crippen LogP contribution in [-0.2, 0) is 16.8 Å². The maximum absolute atomic E-state index is 12.8. The quantitative estimate of drug-likeness (QED) is 0.327. The van der Waals surface area contributed by atoms with Crippen LogP contribution in [0.3, 0.4) is 0 Å². The van der Waals surface area contributed by atoms with Crippen LogP contribution in [-0.4, -0.2) is 32.0 Å². The summed E-state index contributed by atoms with van der Waals surface area (Å²) in [6.07, 6.45) is 0. The van der Waals surface area contributed by atoms with Gasteiger partial charge in [0.1, 0.15) is 5.69 Å². The lowest BCUT2D eigenvalue weighted by Gasteiger charge is -2.14. The third kappa shape index (κ3) is 3.14. The first-order chi connectivity index (χ1) is 16.4. The van der Waals surface area contributed by atoms with E-state index in [1.54, 1.807) is 6.07 Å². The highest BCUT2D eigenvalue weighted by Gasteiger charge is 2.38. The van der Waals surface area contributed by atoms with E-state index in [9.17, 15) is 9.59 Å². The van der Waals surface area contributed by atoms with Crippen molar-refractivity contribution in [3.8, 4) is 11.5 Å². The Morgan fingerprint density at radius 2 is 1.85 bits per heavy atom. The van der Waals surface area contributed by atoms with E-state index < -0.39 is 5.41 Å². The standard InChI is InChI=1S/C26H22N6O2/c1-26(2)17-11-20-21(12-19(17)30-25(26)34)29-23(28-20)22-16-10-15(8-9-18(16)31-32-22)24(33)27-13-14-6-4-3-5-7-14/h3-12H,13H2,1-2H3,(H,27,33)(H,28,29)(H,30,34)(H,31,32). The Hall–Kier alpha value is -4.46. The number of imidazole rings is 1. The molecule has 0 saturated heterocycles. The van der Waals surface area contributed by atoms with Crippen molar-refractivity contribution in [3.05, 3.63) is 77.4 Å². The van der Waals surface area contributed by atoms with Crippen molar-refractivity contribution in [1.29, 1.82) is 0 Å². The number of hydrogen-bond donors (Lipinski definition) is 4. The minimum atomic E-state index is -0.601. The van der Waals surface area contributed by atoms with E-state index in [0.717, 1.165) is 38.8 Å². The van der Waals surface area contributed by atoms with Gasteiger partial charge in [0.25, 0.3) is 5.91 Å². The molecule has 168 valence electrons. The molecule has 0 spiro atoms. The number of rotatable bonds is 4. The highest BCUT2D eigenvalue weighted by atomic mass is 16.2. The van der Waals surface area contributed by atoms with Crippen molar-refractivity contribution in [1.82, 2.24) is 25.5 Å². The average molecular weight is 451 g/mol. The molecular weight excluding hydrogens is 428 g/mol. The van der Waals surface area contributed by atoms with Crippen molar-refractivity contribution >= 4 is 39.4 Å². The number of aromatic amines is 2. The van der Waals surface area contributed by atoms with Crippen LogP contribution >= 0.6 is 0 Å². The van der Waals surface area contributed by atoms with Gasteiger partial charge < -0.3 is 15.6 Å². The van der Waals surface area contributed by atoms with Gasteiger partial charge in [0.2, 0.25) is 5.91 Å². The van der Waals surface area contributed by atoms with Crippen molar-refractivity contribution in [3.63, 3.8) is 0 Å². The van der Waals surface area contributed by atoms with E-state index in [1.165, 1.54) is 0 Å². The Balaban J connectivity index is 1.34. The Morgan fingerprint density at radius 3 is 2.68 bits per heavy atom. The average Bonchev–Trinajstić information content (AvgIpc) is 3.50. The molecule has 5 aromatic rings. The Bertz CT molecular complexity index is 1600. The molecule has 3 aromatic carbocycles. The van der Waals surface area contributed by atoms with E-state index in [2.05, 4.69) is 25.8 Å². The monoisotopic (exact) mass is 450 g/mol. The molecule has 34 heavy (non-hydrogen) atoms. The first-order valence-corrected chi connectivity index (χ1v) is 11.1. The van der Waals surface area contributed by atoms with Crippen LogP contribution in [0.5, 0.6) is 0 Å². The first-order valence-electron chi connectivity index (χ1n) is 11.1. The summed E-state index contributed by atoms with van der Waals surface area (Å²) in [5.41, 5.74) is 5.70. The lowest BCUT2D eigenvalue weighted by Crippen LogP contribution is -2.26. The number of aromatic nitrogens is 4. The summed E-state index contributed by atoms with van der Waals surface area (Å²) in [4.78, 5) is 33.1. The summed E-state index contributed by atoms with van der Waals surface area (Å²) in [5, 5.41) is 14.2. The molecule has 3 heterocycles. The van der Waals surface area contributed by atoms with Gasteiger partial charge in [-0.15, -0.1) is 0 Å². The van der Waals surface area contributed by atoms with E-state index in [1.807, 2.05) is 68.4 Å². The van der Waals surface area contributed by atoms with E-state index in [0.29, 0.717) is 23.6 Å². The maximum atomic E-state index is 12.8. The smallest absolute Gasteiger partial charge is 0.251 e. The zero-order chi connectivity index (χ0) is 23.4. The number of carbonyl (C=O) groups excluding carboxylic acids is 2. The largest absolute Gasteiger partial charge is 0.348 e. The third-order valence-electron chi connectivity index (χ3n) is 6.46. The van der Waals surface area contributed by atoms with Gasteiger partial charge >= 0.3 is 0 Å². The molecule has 6 rings (SSSR count). The molecule has 0 aliphatic carbocycles. The summed E-state index contributed by atoms with van der Waals surface area (Å²) >= 11 is 0. The molecule has 0 fully saturated rings. The second kappa shape index (κ2) is 7.28. The summed E-state index contributed by atoms with van der Waals surface area (Å²) in [5.74, 6) is 0.416. The second-order valence-electron chi connectivity index (χ2n) is 9.08. The van der Waals surface area contributed by atoms with E-state index >= 15 is 0 Å². The molecule has 1 aliphatic heterocycles. The first kappa shape index (κ1) is 20.2. The zero-order valence-electron chi connectivity index (χ0n) is 18.7. The number of carbonyl (C=O) groups is 2. The van der Waals surface area contributed by atoms with Gasteiger partial charge in [-0.3, -0.25) is 14.7 Å². The molecule has 0 radical (unpaired) electrons. The normalized spacial score (nSPS) is 14.4. The van der Waals surface area contributed by atoms with E-state index in [-0.39, 0.29) is 11.8 Å². The molecule has 2 aromatic heterocycles. The van der Waals surface area contributed by atoms with Crippen molar-refractivity contribution in [2.45, 2.75) is 25.8 Å². The predicted octanol–water partition coefficient (Wildman–Crippen LogP) is 4.27. The zero-order valence-corrected chi connectivity index (χ0v) is 18.7. The number of nitrogens with one attached hydrogen (secondary N) is 4. The van der Waals surface area contributed by atoms with Gasteiger partial charge in [-0.1, -0.05) is 30.3 Å².